The van der Waals surface area contributed by atoms with Crippen LogP contribution in [0.3, 0.4) is 0 Å². The number of nitrogens with zero attached hydrogens (tertiary/aromatic N) is 3. The Hall–Kier alpha value is -6.52. The highest BCUT2D eigenvalue weighted by Crippen LogP contribution is 2.37. The Morgan fingerprint density at radius 1 is 0.490 bits per heavy atom. The zero-order valence-electron chi connectivity index (χ0n) is 26.8. The van der Waals surface area contributed by atoms with Gasteiger partial charge in [0.15, 0.2) is 0 Å². The molecule has 8 aromatic rings. The fourth-order valence-corrected chi connectivity index (χ4v) is 6.93. The van der Waals surface area contributed by atoms with E-state index in [9.17, 15) is 0 Å². The summed E-state index contributed by atoms with van der Waals surface area (Å²) < 4.78 is 2.36. The highest BCUT2D eigenvalue weighted by molar-refractivity contribution is 5.91. The Morgan fingerprint density at radius 2 is 1.10 bits per heavy atom. The maximum absolute atomic E-state index is 5.23. The summed E-state index contributed by atoms with van der Waals surface area (Å²) in [4.78, 5) is 9.92. The van der Waals surface area contributed by atoms with Gasteiger partial charge in [0, 0.05) is 34.9 Å². The van der Waals surface area contributed by atoms with Gasteiger partial charge < -0.3 is 9.88 Å². The Labute approximate surface area is 285 Å². The van der Waals surface area contributed by atoms with Gasteiger partial charge in [0.25, 0.3) is 0 Å². The number of aromatic nitrogens is 3. The van der Waals surface area contributed by atoms with E-state index >= 15 is 0 Å². The Morgan fingerprint density at radius 3 is 1.82 bits per heavy atom. The molecule has 1 N–H and O–H groups in total. The lowest BCUT2D eigenvalue weighted by molar-refractivity contribution is 0.855. The highest BCUT2D eigenvalue weighted by Gasteiger charge is 2.18. The predicted octanol–water partition coefficient (Wildman–Crippen LogP) is 10.8. The molecule has 0 bridgehead atoms. The minimum absolute atomic E-state index is 0.824. The van der Waals surface area contributed by atoms with Crippen molar-refractivity contribution >= 4 is 17.0 Å². The molecule has 0 amide bonds. The molecule has 3 aromatic heterocycles. The van der Waals surface area contributed by atoms with Crippen molar-refractivity contribution < 1.29 is 0 Å². The Balaban J connectivity index is 1.19. The lowest BCUT2D eigenvalue weighted by Gasteiger charge is -2.15. The van der Waals surface area contributed by atoms with Crippen LogP contribution in [0.1, 0.15) is 11.3 Å². The minimum atomic E-state index is 0.824. The lowest BCUT2D eigenvalue weighted by atomic mass is 9.94. The first-order valence-electron chi connectivity index (χ1n) is 16.6. The number of fused-ring (bicyclic) bond motifs is 3. The van der Waals surface area contributed by atoms with Crippen LogP contribution in [-0.2, 0) is 6.54 Å². The molecule has 1 aliphatic heterocycles. The monoisotopic (exact) mass is 628 g/mol. The van der Waals surface area contributed by atoms with Crippen molar-refractivity contribution in [1.29, 1.82) is 0 Å². The lowest BCUT2D eigenvalue weighted by Crippen LogP contribution is -2.10. The first-order valence-corrected chi connectivity index (χ1v) is 16.6. The first-order chi connectivity index (χ1) is 24.3. The van der Waals surface area contributed by atoms with Crippen LogP contribution in [0, 0.1) is 0 Å². The summed E-state index contributed by atoms with van der Waals surface area (Å²) in [5, 5.41) is 4.67. The van der Waals surface area contributed by atoms with E-state index in [0.717, 1.165) is 57.1 Å². The smallest absolute Gasteiger partial charge is 0.0899 e. The molecule has 0 radical (unpaired) electrons. The molecule has 4 heteroatoms. The van der Waals surface area contributed by atoms with Crippen molar-refractivity contribution in [3.05, 3.63) is 181 Å². The van der Waals surface area contributed by atoms with E-state index in [4.69, 9.17) is 4.98 Å². The third-order valence-electron chi connectivity index (χ3n) is 9.31. The molecule has 9 rings (SSSR count). The maximum atomic E-state index is 5.23. The molecule has 4 heterocycles. The summed E-state index contributed by atoms with van der Waals surface area (Å²) >= 11 is 0. The summed E-state index contributed by atoms with van der Waals surface area (Å²) in [6, 6.07) is 55.8. The second-order valence-electron chi connectivity index (χ2n) is 12.3. The maximum Gasteiger partial charge on any atom is 0.0899 e. The number of pyridine rings is 2. The van der Waals surface area contributed by atoms with E-state index < -0.39 is 0 Å². The van der Waals surface area contributed by atoms with E-state index in [1.165, 1.54) is 33.3 Å². The molecular formula is C45H32N4. The molecule has 4 nitrogen and oxygen atoms in total. The average molecular weight is 629 g/mol. The number of benzene rings is 5. The Kier molecular flexibility index (Phi) is 7.17. The molecule has 0 aliphatic carbocycles. The molecule has 0 saturated carbocycles. The molecule has 5 aromatic carbocycles. The SMILES string of the molecule is C1=Cc2c(c3ccccc3n2-c2ccc(-c3cc(-c4cc(-c5ccccc5)cc(-c5ccccc5)c4)nc(-c4ccccn4)c3)cc2)CN1. The number of rotatable bonds is 6. The quantitative estimate of drug-likeness (QED) is 0.199. The molecular weight excluding hydrogens is 597 g/mol. The summed E-state index contributed by atoms with van der Waals surface area (Å²) in [5.74, 6) is 0. The van der Waals surface area contributed by atoms with E-state index in [1.807, 2.05) is 30.6 Å². The highest BCUT2D eigenvalue weighted by atomic mass is 15.0. The summed E-state index contributed by atoms with van der Waals surface area (Å²) in [6.07, 6.45) is 6.04. The van der Waals surface area contributed by atoms with Crippen molar-refractivity contribution in [2.45, 2.75) is 6.54 Å². The van der Waals surface area contributed by atoms with Gasteiger partial charge in [0.05, 0.1) is 28.3 Å². The fourth-order valence-electron chi connectivity index (χ4n) is 6.93. The number of para-hydroxylation sites is 1. The van der Waals surface area contributed by atoms with Gasteiger partial charge in [-0.25, -0.2) is 4.98 Å². The van der Waals surface area contributed by atoms with Crippen LogP contribution < -0.4 is 5.32 Å². The molecule has 49 heavy (non-hydrogen) atoms. The first kappa shape index (κ1) is 28.7. The van der Waals surface area contributed by atoms with Gasteiger partial charge >= 0.3 is 0 Å². The third-order valence-corrected chi connectivity index (χ3v) is 9.31. The largest absolute Gasteiger partial charge is 0.387 e. The van der Waals surface area contributed by atoms with Crippen molar-refractivity contribution in [3.63, 3.8) is 0 Å². The number of nitrogens with one attached hydrogen (secondary N) is 1. The molecule has 0 saturated heterocycles. The normalized spacial score (nSPS) is 12.1. The summed E-state index contributed by atoms with van der Waals surface area (Å²) in [5.41, 5.74) is 15.4. The van der Waals surface area contributed by atoms with Crippen molar-refractivity contribution in [2.24, 2.45) is 0 Å². The number of hydrogen-bond acceptors (Lipinski definition) is 3. The van der Waals surface area contributed by atoms with E-state index in [2.05, 4.69) is 160 Å². The van der Waals surface area contributed by atoms with Crippen LogP contribution in [0.15, 0.2) is 170 Å². The molecule has 0 spiro atoms. The topological polar surface area (TPSA) is 42.7 Å². The second-order valence-corrected chi connectivity index (χ2v) is 12.3. The van der Waals surface area contributed by atoms with Crippen LogP contribution in [0.5, 0.6) is 0 Å². The van der Waals surface area contributed by atoms with Gasteiger partial charge in [-0.3, -0.25) is 4.98 Å². The number of hydrogen-bond donors (Lipinski definition) is 1. The molecule has 0 fully saturated rings. The summed E-state index contributed by atoms with van der Waals surface area (Å²) in [6.45, 7) is 0.824. The predicted molar refractivity (Wildman–Crippen MR) is 202 cm³/mol. The van der Waals surface area contributed by atoms with E-state index in [1.54, 1.807) is 0 Å². The van der Waals surface area contributed by atoms with Crippen LogP contribution in [0.4, 0.5) is 0 Å². The van der Waals surface area contributed by atoms with Crippen LogP contribution in [0.2, 0.25) is 0 Å². The van der Waals surface area contributed by atoms with Crippen LogP contribution in [0.25, 0.3) is 78.7 Å². The van der Waals surface area contributed by atoms with Crippen LogP contribution in [-0.4, -0.2) is 14.5 Å². The zero-order chi connectivity index (χ0) is 32.6. The van der Waals surface area contributed by atoms with Gasteiger partial charge in [-0.1, -0.05) is 97.1 Å². The van der Waals surface area contributed by atoms with Gasteiger partial charge in [-0.15, -0.1) is 0 Å². The molecule has 0 atom stereocenters. The van der Waals surface area contributed by atoms with Gasteiger partial charge in [-0.2, -0.15) is 0 Å². The van der Waals surface area contributed by atoms with E-state index in [-0.39, 0.29) is 0 Å². The van der Waals surface area contributed by atoms with Crippen molar-refractivity contribution in [1.82, 2.24) is 19.9 Å². The Bertz CT molecular complexity index is 2400. The average Bonchev–Trinajstić information content (AvgIpc) is 3.53. The van der Waals surface area contributed by atoms with Crippen molar-refractivity contribution in [3.8, 4) is 61.7 Å². The minimum Gasteiger partial charge on any atom is -0.387 e. The van der Waals surface area contributed by atoms with Crippen LogP contribution >= 0.6 is 0 Å². The van der Waals surface area contributed by atoms with Crippen molar-refractivity contribution in [2.75, 3.05) is 0 Å². The van der Waals surface area contributed by atoms with Gasteiger partial charge in [0.1, 0.15) is 0 Å². The summed E-state index contributed by atoms with van der Waals surface area (Å²) in [7, 11) is 0. The second kappa shape index (κ2) is 12.3. The molecule has 0 unspecified atom stereocenters. The fraction of sp³-hybridized carbons (Fsp3) is 0.0222. The van der Waals surface area contributed by atoms with Gasteiger partial charge in [0.2, 0.25) is 0 Å². The van der Waals surface area contributed by atoms with E-state index in [0.29, 0.717) is 0 Å². The zero-order valence-corrected chi connectivity index (χ0v) is 26.8. The standard InChI is InChI=1S/C45H32N4/c1-3-11-31(12-4-1)34-25-35(32-13-5-2-6-14-32)27-37(26-34)42-28-36(29-43(48-42)41-16-9-10-23-47-41)33-18-20-38(21-19-33)49-44-17-8-7-15-39(44)40-30-46-24-22-45(40)49/h1-29,46H,30H2. The molecule has 232 valence electrons. The molecule has 1 aliphatic rings. The van der Waals surface area contributed by atoms with Gasteiger partial charge in [-0.05, 0) is 106 Å². The third kappa shape index (κ3) is 5.39.